The Morgan fingerprint density at radius 2 is 1.85 bits per heavy atom. The molecule has 2 unspecified atom stereocenters. The predicted molar refractivity (Wildman–Crippen MR) is 95.8 cm³/mol. The van der Waals surface area contributed by atoms with Gasteiger partial charge in [0.2, 0.25) is 0 Å². The molecule has 1 rings (SSSR count). The summed E-state index contributed by atoms with van der Waals surface area (Å²) in [7, 11) is 0. The second-order valence-electron chi connectivity index (χ2n) is 7.09. The van der Waals surface area contributed by atoms with Crippen LogP contribution in [0, 0.1) is 5.82 Å². The van der Waals surface area contributed by atoms with E-state index in [1.54, 1.807) is 20.8 Å². The number of benzene rings is 1. The van der Waals surface area contributed by atoms with E-state index in [0.29, 0.717) is 0 Å². The quantitative estimate of drug-likeness (QED) is 0.540. The zero-order chi connectivity index (χ0) is 20.1. The highest BCUT2D eigenvalue weighted by molar-refractivity contribution is 7.90. The molecule has 0 aliphatic heterocycles. The Balaban J connectivity index is 3.19. The smallest absolute Gasteiger partial charge is 0.340 e. The second kappa shape index (κ2) is 9.10. The molecule has 0 aliphatic carbocycles. The first-order chi connectivity index (χ1) is 11.9. The second-order valence-corrected chi connectivity index (χ2v) is 9.05. The molecule has 0 amide bonds. The Morgan fingerprint density at radius 3 is 2.35 bits per heavy atom. The van der Waals surface area contributed by atoms with Crippen LogP contribution in [0.5, 0.6) is 0 Å². The normalized spacial score (nSPS) is 17.9. The third-order valence-corrected chi connectivity index (χ3v) is 5.60. The zero-order valence-corrected chi connectivity index (χ0v) is 16.5. The van der Waals surface area contributed by atoms with Crippen molar-refractivity contribution in [2.75, 3.05) is 6.61 Å². The van der Waals surface area contributed by atoms with Gasteiger partial charge in [-0.3, -0.25) is 0 Å². The molecule has 0 saturated heterocycles. The number of halogens is 3. The fraction of sp³-hybridized carbons (Fsp3) is 0.611. The van der Waals surface area contributed by atoms with Crippen LogP contribution in [0.25, 0.3) is 0 Å². The van der Waals surface area contributed by atoms with Crippen molar-refractivity contribution >= 4 is 17.3 Å². The Morgan fingerprint density at radius 1 is 1.27 bits per heavy atom. The summed E-state index contributed by atoms with van der Waals surface area (Å²) in [6, 6.07) is 5.42. The number of esters is 1. The van der Waals surface area contributed by atoms with Crippen LogP contribution in [-0.2, 0) is 26.4 Å². The molecule has 0 radical (unpaired) electrons. The van der Waals surface area contributed by atoms with Crippen molar-refractivity contribution in [2.45, 2.75) is 63.7 Å². The molecular weight excluding hydrogens is 367 g/mol. The molecule has 0 saturated carbocycles. The molecule has 0 heterocycles. The topological polar surface area (TPSA) is 61.4 Å². The predicted octanol–water partition coefficient (Wildman–Crippen LogP) is 3.72. The van der Waals surface area contributed by atoms with E-state index in [9.17, 15) is 18.1 Å². The first-order valence-electron chi connectivity index (χ1n) is 8.33. The molecule has 0 fully saturated rings. The number of ether oxygens (including phenoxy) is 1. The van der Waals surface area contributed by atoms with Gasteiger partial charge in [-0.05, 0) is 40.7 Å². The van der Waals surface area contributed by atoms with Gasteiger partial charge in [0, 0.05) is 23.3 Å². The number of alkyl halides is 2. The average Bonchev–Trinajstić information content (AvgIpc) is 2.54. The highest BCUT2D eigenvalue weighted by Gasteiger charge is 2.46. The Kier molecular flexibility index (Phi) is 7.98. The first-order valence-corrected chi connectivity index (χ1v) is 9.48. The van der Waals surface area contributed by atoms with Gasteiger partial charge < -0.3 is 9.29 Å². The average molecular weight is 393 g/mol. The fourth-order valence-electron chi connectivity index (χ4n) is 2.26. The third-order valence-electron chi connectivity index (χ3n) is 3.88. The summed E-state index contributed by atoms with van der Waals surface area (Å²) in [6.45, 7) is 7.78. The van der Waals surface area contributed by atoms with Crippen molar-refractivity contribution in [2.24, 2.45) is 0 Å². The van der Waals surface area contributed by atoms with Gasteiger partial charge in [-0.1, -0.05) is 18.2 Å². The van der Waals surface area contributed by atoms with Gasteiger partial charge in [-0.15, -0.1) is 4.72 Å². The van der Waals surface area contributed by atoms with E-state index in [2.05, 4.69) is 9.46 Å². The van der Waals surface area contributed by atoms with Crippen LogP contribution in [0.2, 0.25) is 0 Å². The molecule has 4 atom stereocenters. The standard InChI is InChI=1S/C18H26F3NO3S/c1-6-25-16(23)14(20)11-15(21)18(5,22-26(24)17(2,3)4)12-9-7-8-10-13(12)19/h7-10,14-15,22H,6,11H2,1-5H3/t14?,15-,18?,26+/m0/s1. The summed E-state index contributed by atoms with van der Waals surface area (Å²) in [5.41, 5.74) is -1.90. The Hall–Kier alpha value is -1.25. The fourth-order valence-corrected chi connectivity index (χ4v) is 3.19. The van der Waals surface area contributed by atoms with Gasteiger partial charge in [0.15, 0.2) is 6.17 Å². The van der Waals surface area contributed by atoms with Gasteiger partial charge in [0.25, 0.3) is 0 Å². The van der Waals surface area contributed by atoms with Crippen molar-refractivity contribution in [3.05, 3.63) is 35.6 Å². The summed E-state index contributed by atoms with van der Waals surface area (Å²) >= 11 is -1.76. The lowest BCUT2D eigenvalue weighted by Gasteiger charge is -2.37. The number of hydrogen-bond donors (Lipinski definition) is 1. The van der Waals surface area contributed by atoms with Crippen LogP contribution in [0.4, 0.5) is 13.2 Å². The molecule has 8 heteroatoms. The molecule has 1 aromatic carbocycles. The van der Waals surface area contributed by atoms with Crippen molar-refractivity contribution in [3.8, 4) is 0 Å². The van der Waals surface area contributed by atoms with Crippen molar-refractivity contribution < 1.29 is 27.3 Å². The van der Waals surface area contributed by atoms with Crippen molar-refractivity contribution in [1.29, 1.82) is 0 Å². The third kappa shape index (κ3) is 5.62. The molecule has 0 aromatic heterocycles. The number of nitrogens with one attached hydrogen (secondary N) is 1. The summed E-state index contributed by atoms with van der Waals surface area (Å²) in [5, 5.41) is 0. The van der Waals surface area contributed by atoms with Gasteiger partial charge in [-0.25, -0.2) is 18.0 Å². The monoisotopic (exact) mass is 393 g/mol. The molecular formula is C18H26F3NO3S. The molecule has 1 N–H and O–H groups in total. The summed E-state index contributed by atoms with van der Waals surface area (Å²) < 4.78 is 62.4. The molecule has 0 spiro atoms. The highest BCUT2D eigenvalue weighted by Crippen LogP contribution is 2.34. The lowest BCUT2D eigenvalue weighted by molar-refractivity contribution is -0.150. The number of rotatable bonds is 8. The summed E-state index contributed by atoms with van der Waals surface area (Å²) in [4.78, 5) is 11.5. The van der Waals surface area contributed by atoms with Crippen LogP contribution >= 0.6 is 0 Å². The van der Waals surface area contributed by atoms with Crippen LogP contribution in [-0.4, -0.2) is 34.2 Å². The lowest BCUT2D eigenvalue weighted by atomic mass is 9.85. The van der Waals surface area contributed by atoms with E-state index in [1.165, 1.54) is 32.0 Å². The van der Waals surface area contributed by atoms with E-state index in [-0.39, 0.29) is 12.2 Å². The van der Waals surface area contributed by atoms with Crippen LogP contribution < -0.4 is 4.72 Å². The minimum absolute atomic E-state index is 0.0346. The number of hydrogen-bond acceptors (Lipinski definition) is 4. The maximum Gasteiger partial charge on any atom is 0.340 e. The summed E-state index contributed by atoms with van der Waals surface area (Å²) in [6.07, 6.45) is -5.09. The van der Waals surface area contributed by atoms with Gasteiger partial charge in [0.1, 0.15) is 22.3 Å². The van der Waals surface area contributed by atoms with Gasteiger partial charge in [0.05, 0.1) is 6.61 Å². The largest absolute Gasteiger partial charge is 0.598 e. The van der Waals surface area contributed by atoms with Gasteiger partial charge >= 0.3 is 5.97 Å². The van der Waals surface area contributed by atoms with Crippen molar-refractivity contribution in [1.82, 2.24) is 4.72 Å². The van der Waals surface area contributed by atoms with E-state index in [4.69, 9.17) is 0 Å². The minimum Gasteiger partial charge on any atom is -0.598 e. The van der Waals surface area contributed by atoms with E-state index in [0.717, 1.165) is 6.07 Å². The molecule has 1 aromatic rings. The maximum absolute atomic E-state index is 15.1. The summed E-state index contributed by atoms with van der Waals surface area (Å²) in [5.74, 6) is -1.90. The van der Waals surface area contributed by atoms with Crippen LogP contribution in [0.15, 0.2) is 24.3 Å². The molecule has 148 valence electrons. The van der Waals surface area contributed by atoms with Crippen LogP contribution in [0.3, 0.4) is 0 Å². The van der Waals surface area contributed by atoms with Crippen molar-refractivity contribution in [3.63, 3.8) is 0 Å². The minimum atomic E-state index is -2.21. The molecule has 0 bridgehead atoms. The Labute approximate surface area is 155 Å². The number of carbonyl (C=O) groups excluding carboxylic acids is 1. The first kappa shape index (κ1) is 22.8. The van der Waals surface area contributed by atoms with Gasteiger partial charge in [-0.2, -0.15) is 0 Å². The lowest BCUT2D eigenvalue weighted by Crippen LogP contribution is -2.55. The SMILES string of the molecule is CCOC(=O)C(F)C[C@H](F)C(C)(N[S@+]([O-])C(C)(C)C)c1ccccc1F. The molecule has 0 aliphatic rings. The van der Waals surface area contributed by atoms with E-state index < -0.39 is 52.2 Å². The molecule has 26 heavy (non-hydrogen) atoms. The Bertz CT molecular complexity index is 612. The molecule has 4 nitrogen and oxygen atoms in total. The van der Waals surface area contributed by atoms with Crippen LogP contribution in [0.1, 0.15) is 46.6 Å². The highest BCUT2D eigenvalue weighted by atomic mass is 32.2. The van der Waals surface area contributed by atoms with E-state index >= 15 is 4.39 Å². The van der Waals surface area contributed by atoms with E-state index in [1.807, 2.05) is 0 Å². The maximum atomic E-state index is 15.1. The zero-order valence-electron chi connectivity index (χ0n) is 15.6. The number of carbonyl (C=O) groups is 1.